The second kappa shape index (κ2) is 9.24. The minimum absolute atomic E-state index is 0.0413. The number of amides is 1. The van der Waals surface area contributed by atoms with Crippen LogP contribution in [0.4, 0.5) is 22.0 Å². The number of halogens is 5. The maximum atomic E-state index is 13.3. The van der Waals surface area contributed by atoms with E-state index in [4.69, 9.17) is 4.52 Å². The van der Waals surface area contributed by atoms with E-state index < -0.39 is 18.3 Å². The van der Waals surface area contributed by atoms with Crippen molar-refractivity contribution in [3.8, 4) is 5.75 Å². The van der Waals surface area contributed by atoms with Gasteiger partial charge < -0.3 is 19.5 Å². The number of carbonyl (C=O) groups excluding carboxylic acids is 1. The lowest BCUT2D eigenvalue weighted by molar-refractivity contribution is -0.274. The molecule has 1 N–H and O–H groups in total. The zero-order chi connectivity index (χ0) is 23.6. The zero-order valence-electron chi connectivity index (χ0n) is 17.6. The van der Waals surface area contributed by atoms with Crippen LogP contribution in [0.25, 0.3) is 0 Å². The number of hydrogen-bond donors (Lipinski definition) is 1. The molecule has 1 saturated heterocycles. The third-order valence-corrected chi connectivity index (χ3v) is 5.87. The van der Waals surface area contributed by atoms with Crippen LogP contribution in [0.15, 0.2) is 28.8 Å². The molecule has 1 amide bonds. The topological polar surface area (TPSA) is 80.5 Å². The highest BCUT2D eigenvalue weighted by Gasteiger charge is 2.37. The van der Waals surface area contributed by atoms with Gasteiger partial charge in [-0.15, -0.1) is 13.2 Å². The Bertz CT molecular complexity index is 954. The maximum absolute atomic E-state index is 13.3. The summed E-state index contributed by atoms with van der Waals surface area (Å²) in [6.45, 7) is 0.434. The van der Waals surface area contributed by atoms with Crippen molar-refractivity contribution >= 4 is 5.91 Å². The number of carbonyl (C=O) groups is 1. The third kappa shape index (κ3) is 6.18. The van der Waals surface area contributed by atoms with Gasteiger partial charge in [0.1, 0.15) is 11.8 Å². The van der Waals surface area contributed by atoms with Gasteiger partial charge in [0.25, 0.3) is 0 Å². The molecule has 2 aliphatic rings. The van der Waals surface area contributed by atoms with E-state index in [2.05, 4.69) is 20.2 Å². The van der Waals surface area contributed by atoms with E-state index in [1.165, 1.54) is 24.3 Å². The molecule has 0 bridgehead atoms. The average molecular weight is 474 g/mol. The van der Waals surface area contributed by atoms with Crippen LogP contribution in [0.5, 0.6) is 5.75 Å². The van der Waals surface area contributed by atoms with Crippen molar-refractivity contribution in [3.63, 3.8) is 0 Å². The van der Waals surface area contributed by atoms with Crippen molar-refractivity contribution in [2.75, 3.05) is 0 Å². The zero-order valence-corrected chi connectivity index (χ0v) is 17.6. The van der Waals surface area contributed by atoms with E-state index in [-0.39, 0.29) is 55.9 Å². The molecule has 4 rings (SSSR count). The quantitative estimate of drug-likeness (QED) is 0.596. The number of hydrogen-bond acceptors (Lipinski definition) is 6. The van der Waals surface area contributed by atoms with Gasteiger partial charge in [0.15, 0.2) is 5.82 Å². The Labute approximate surface area is 186 Å². The van der Waals surface area contributed by atoms with E-state index in [0.29, 0.717) is 30.7 Å². The molecule has 1 saturated carbocycles. The molecule has 0 unspecified atom stereocenters. The van der Waals surface area contributed by atoms with Crippen LogP contribution in [-0.4, -0.2) is 39.3 Å². The number of benzene rings is 1. The molecule has 2 aromatic rings. The van der Waals surface area contributed by atoms with Crippen molar-refractivity contribution < 1.29 is 36.0 Å². The lowest BCUT2D eigenvalue weighted by atomic mass is 9.92. The van der Waals surface area contributed by atoms with Crippen molar-refractivity contribution in [2.24, 2.45) is 0 Å². The lowest BCUT2D eigenvalue weighted by Crippen LogP contribution is -2.36. The predicted octanol–water partition coefficient (Wildman–Crippen LogP) is 4.50. The summed E-state index contributed by atoms with van der Waals surface area (Å²) in [5.41, 5.74) is 0.625. The first-order valence-electron chi connectivity index (χ1n) is 10.7. The fourth-order valence-corrected chi connectivity index (χ4v) is 4.14. The number of aromatic nitrogens is 2. The number of alkyl halides is 5. The second-order valence-electron chi connectivity index (χ2n) is 8.33. The highest BCUT2D eigenvalue weighted by atomic mass is 19.4. The van der Waals surface area contributed by atoms with Crippen LogP contribution in [0.1, 0.15) is 61.8 Å². The molecule has 0 spiro atoms. The Morgan fingerprint density at radius 2 is 1.85 bits per heavy atom. The number of ether oxygens (including phenoxy) is 1. The predicted molar refractivity (Wildman–Crippen MR) is 104 cm³/mol. The highest BCUT2D eigenvalue weighted by Crippen LogP contribution is 2.35. The summed E-state index contributed by atoms with van der Waals surface area (Å²) >= 11 is 0. The molecule has 2 fully saturated rings. The number of nitrogens with one attached hydrogen (secondary N) is 1. The fraction of sp³-hybridized carbons (Fsp3) is 0.571. The van der Waals surface area contributed by atoms with E-state index in [9.17, 15) is 26.7 Å². The number of rotatable bonds is 7. The Morgan fingerprint density at radius 3 is 2.52 bits per heavy atom. The molecule has 0 radical (unpaired) electrons. The van der Waals surface area contributed by atoms with Gasteiger partial charge in [0.2, 0.25) is 17.7 Å². The molecule has 1 aliphatic carbocycles. The van der Waals surface area contributed by atoms with Crippen molar-refractivity contribution in [1.29, 1.82) is 0 Å². The summed E-state index contributed by atoms with van der Waals surface area (Å²) in [6, 6.07) is 4.81. The summed E-state index contributed by atoms with van der Waals surface area (Å²) in [7, 11) is 0. The highest BCUT2D eigenvalue weighted by molar-refractivity contribution is 5.78. The molecular formula is C21H23F5N4O3. The Hall–Kier alpha value is -2.76. The largest absolute Gasteiger partial charge is 0.573 e. The smallest absolute Gasteiger partial charge is 0.406 e. The first kappa shape index (κ1) is 23.4. The van der Waals surface area contributed by atoms with Gasteiger partial charge in [-0.1, -0.05) is 17.3 Å². The van der Waals surface area contributed by atoms with Crippen LogP contribution < -0.4 is 10.1 Å². The van der Waals surface area contributed by atoms with Crippen LogP contribution in [0, 0.1) is 0 Å². The molecule has 7 nitrogen and oxygen atoms in total. The molecular weight excluding hydrogens is 451 g/mol. The Morgan fingerprint density at radius 1 is 1.15 bits per heavy atom. The minimum atomic E-state index is -4.77. The first-order chi connectivity index (χ1) is 15.6. The summed E-state index contributed by atoms with van der Waals surface area (Å²) < 4.78 is 72.7. The van der Waals surface area contributed by atoms with E-state index in [1.54, 1.807) is 4.90 Å². The SMILES string of the molecule is O=C1CC[C@@H](c2nc(CNC3CCC(F)(F)CC3)no2)N1Cc1ccc(OC(F)(F)F)cc1. The molecule has 2 heterocycles. The van der Waals surface area contributed by atoms with E-state index in [1.807, 2.05) is 0 Å². The second-order valence-corrected chi connectivity index (χ2v) is 8.33. The van der Waals surface area contributed by atoms with Gasteiger partial charge in [-0.2, -0.15) is 4.98 Å². The molecule has 180 valence electrons. The summed E-state index contributed by atoms with van der Waals surface area (Å²) in [5, 5.41) is 7.10. The monoisotopic (exact) mass is 474 g/mol. The van der Waals surface area contributed by atoms with Gasteiger partial charge in [0, 0.05) is 31.8 Å². The van der Waals surface area contributed by atoms with Crippen molar-refractivity contribution in [1.82, 2.24) is 20.4 Å². The summed E-state index contributed by atoms with van der Waals surface area (Å²) in [5.74, 6) is -2.43. The molecule has 1 aromatic heterocycles. The summed E-state index contributed by atoms with van der Waals surface area (Å²) in [6.07, 6.45) is -3.57. The van der Waals surface area contributed by atoms with Gasteiger partial charge in [-0.3, -0.25) is 4.79 Å². The molecule has 1 aliphatic heterocycles. The molecule has 12 heteroatoms. The van der Waals surface area contributed by atoms with Crippen LogP contribution in [-0.2, 0) is 17.9 Å². The van der Waals surface area contributed by atoms with E-state index >= 15 is 0 Å². The normalized spacial score (nSPS) is 21.5. The van der Waals surface area contributed by atoms with Crippen LogP contribution >= 0.6 is 0 Å². The van der Waals surface area contributed by atoms with Gasteiger partial charge in [-0.05, 0) is 37.0 Å². The Kier molecular flexibility index (Phi) is 6.55. The number of likely N-dealkylation sites (tertiary alicyclic amines) is 1. The van der Waals surface area contributed by atoms with Crippen molar-refractivity contribution in [2.45, 2.75) is 76.0 Å². The fourth-order valence-electron chi connectivity index (χ4n) is 4.14. The Balaban J connectivity index is 1.35. The summed E-state index contributed by atoms with van der Waals surface area (Å²) in [4.78, 5) is 18.3. The molecule has 1 atom stereocenters. The number of nitrogens with zero attached hydrogens (tertiary/aromatic N) is 3. The maximum Gasteiger partial charge on any atom is 0.573 e. The minimum Gasteiger partial charge on any atom is -0.406 e. The van der Waals surface area contributed by atoms with Gasteiger partial charge in [-0.25, -0.2) is 8.78 Å². The van der Waals surface area contributed by atoms with E-state index in [0.717, 1.165) is 0 Å². The van der Waals surface area contributed by atoms with Gasteiger partial charge in [0.05, 0.1) is 6.54 Å². The van der Waals surface area contributed by atoms with Gasteiger partial charge >= 0.3 is 6.36 Å². The molecule has 1 aromatic carbocycles. The lowest BCUT2D eigenvalue weighted by Gasteiger charge is -2.28. The first-order valence-corrected chi connectivity index (χ1v) is 10.7. The average Bonchev–Trinajstić information content (AvgIpc) is 3.34. The van der Waals surface area contributed by atoms with Crippen molar-refractivity contribution in [3.05, 3.63) is 41.5 Å². The molecule has 33 heavy (non-hydrogen) atoms. The standard InChI is InChI=1S/C21H23F5N4O3/c22-20(23)9-7-14(8-10-20)27-11-17-28-19(33-29-17)16-5-6-18(31)30(16)12-13-1-3-15(4-2-13)32-21(24,25)26/h1-4,14,16,27H,5-12H2/t16-/m0/s1. The third-order valence-electron chi connectivity index (χ3n) is 5.87. The van der Waals surface area contributed by atoms with Crippen LogP contribution in [0.2, 0.25) is 0 Å². The van der Waals surface area contributed by atoms with Crippen LogP contribution in [0.3, 0.4) is 0 Å².